The third-order valence-electron chi connectivity index (χ3n) is 2.97. The van der Waals surface area contributed by atoms with Gasteiger partial charge < -0.3 is 9.84 Å². The van der Waals surface area contributed by atoms with Crippen molar-refractivity contribution in [3.8, 4) is 0 Å². The van der Waals surface area contributed by atoms with Gasteiger partial charge in [0.15, 0.2) is 5.82 Å². The molecule has 2 heterocycles. The Morgan fingerprint density at radius 2 is 2.39 bits per heavy atom. The van der Waals surface area contributed by atoms with Gasteiger partial charge in [-0.05, 0) is 25.3 Å². The lowest BCUT2D eigenvalue weighted by Crippen LogP contribution is -2.20. The molecule has 96 valence electrons. The summed E-state index contributed by atoms with van der Waals surface area (Å²) < 4.78 is 7.11. The molecule has 0 amide bonds. The van der Waals surface area contributed by atoms with E-state index >= 15 is 0 Å². The van der Waals surface area contributed by atoms with Crippen LogP contribution in [-0.4, -0.2) is 26.5 Å². The molecule has 1 fully saturated rings. The zero-order valence-corrected chi connectivity index (χ0v) is 10.5. The van der Waals surface area contributed by atoms with Crippen LogP contribution in [0.1, 0.15) is 36.0 Å². The molecule has 0 atom stereocenters. The van der Waals surface area contributed by atoms with Crippen LogP contribution in [0, 0.1) is 6.92 Å². The third kappa shape index (κ3) is 2.76. The molecule has 2 aromatic heterocycles. The molecule has 1 N–H and O–H groups in total. The second kappa shape index (κ2) is 4.89. The first-order valence-electron chi connectivity index (χ1n) is 6.33. The number of aryl methyl sites for hydroxylation is 1. The standard InChI is InChI=1S/C12H17N5O/c1-9-6-14-17(8-9)5-4-13-7-11-15-12(18-16-11)10-2-3-10/h6,8,10,13H,2-5,7H2,1H3. The van der Waals surface area contributed by atoms with Crippen molar-refractivity contribution in [1.82, 2.24) is 25.2 Å². The first kappa shape index (κ1) is 11.4. The van der Waals surface area contributed by atoms with E-state index in [-0.39, 0.29) is 0 Å². The second-order valence-corrected chi connectivity index (χ2v) is 4.78. The average Bonchev–Trinajstić information content (AvgIpc) is 2.97. The van der Waals surface area contributed by atoms with Crippen LogP contribution in [0.4, 0.5) is 0 Å². The van der Waals surface area contributed by atoms with E-state index in [4.69, 9.17) is 4.52 Å². The predicted molar refractivity (Wildman–Crippen MR) is 64.9 cm³/mol. The fraction of sp³-hybridized carbons (Fsp3) is 0.583. The summed E-state index contributed by atoms with van der Waals surface area (Å²) in [7, 11) is 0. The first-order valence-corrected chi connectivity index (χ1v) is 6.33. The Morgan fingerprint density at radius 3 is 3.11 bits per heavy atom. The van der Waals surface area contributed by atoms with Gasteiger partial charge in [0.25, 0.3) is 0 Å². The molecule has 0 aliphatic heterocycles. The highest BCUT2D eigenvalue weighted by atomic mass is 16.5. The number of hydrogen-bond acceptors (Lipinski definition) is 5. The monoisotopic (exact) mass is 247 g/mol. The van der Waals surface area contributed by atoms with E-state index in [1.54, 1.807) is 0 Å². The fourth-order valence-electron chi connectivity index (χ4n) is 1.82. The van der Waals surface area contributed by atoms with E-state index < -0.39 is 0 Å². The molecule has 3 rings (SSSR count). The number of rotatable bonds is 6. The van der Waals surface area contributed by atoms with Crippen LogP contribution in [0.15, 0.2) is 16.9 Å². The molecular weight excluding hydrogens is 230 g/mol. The predicted octanol–water partition coefficient (Wildman–Crippen LogP) is 1.24. The molecule has 18 heavy (non-hydrogen) atoms. The summed E-state index contributed by atoms with van der Waals surface area (Å²) in [5.41, 5.74) is 1.18. The van der Waals surface area contributed by atoms with Gasteiger partial charge in [0.2, 0.25) is 5.89 Å². The minimum atomic E-state index is 0.526. The number of hydrogen-bond donors (Lipinski definition) is 1. The van der Waals surface area contributed by atoms with Gasteiger partial charge in [0.1, 0.15) is 0 Å². The van der Waals surface area contributed by atoms with Crippen molar-refractivity contribution in [3.63, 3.8) is 0 Å². The van der Waals surface area contributed by atoms with Gasteiger partial charge >= 0.3 is 0 Å². The minimum Gasteiger partial charge on any atom is -0.339 e. The average molecular weight is 247 g/mol. The summed E-state index contributed by atoms with van der Waals surface area (Å²) in [5, 5.41) is 11.5. The maximum absolute atomic E-state index is 5.19. The van der Waals surface area contributed by atoms with Crippen LogP contribution >= 0.6 is 0 Å². The van der Waals surface area contributed by atoms with Gasteiger partial charge in [-0.3, -0.25) is 4.68 Å². The first-order chi connectivity index (χ1) is 8.81. The molecule has 6 nitrogen and oxygen atoms in total. The van der Waals surface area contributed by atoms with Crippen molar-refractivity contribution in [2.75, 3.05) is 6.54 Å². The lowest BCUT2D eigenvalue weighted by molar-refractivity contribution is 0.372. The van der Waals surface area contributed by atoms with E-state index in [0.29, 0.717) is 12.5 Å². The summed E-state index contributed by atoms with van der Waals surface area (Å²) in [4.78, 5) is 4.36. The van der Waals surface area contributed by atoms with E-state index in [0.717, 1.165) is 24.8 Å². The van der Waals surface area contributed by atoms with E-state index in [2.05, 4.69) is 20.6 Å². The molecule has 0 saturated heterocycles. The Morgan fingerprint density at radius 1 is 1.50 bits per heavy atom. The van der Waals surface area contributed by atoms with Gasteiger partial charge in [-0.25, -0.2) is 0 Å². The highest BCUT2D eigenvalue weighted by Crippen LogP contribution is 2.38. The highest BCUT2D eigenvalue weighted by molar-refractivity contribution is 5.01. The quantitative estimate of drug-likeness (QED) is 0.778. The molecule has 1 aliphatic carbocycles. The van der Waals surface area contributed by atoms with Gasteiger partial charge in [0.05, 0.1) is 19.3 Å². The van der Waals surface area contributed by atoms with Gasteiger partial charge in [-0.15, -0.1) is 0 Å². The van der Waals surface area contributed by atoms with E-state index in [1.807, 2.05) is 24.0 Å². The summed E-state index contributed by atoms with van der Waals surface area (Å²) in [6.07, 6.45) is 6.27. The smallest absolute Gasteiger partial charge is 0.229 e. The molecule has 6 heteroatoms. The molecule has 0 unspecified atom stereocenters. The highest BCUT2D eigenvalue weighted by Gasteiger charge is 2.29. The molecule has 0 radical (unpaired) electrons. The topological polar surface area (TPSA) is 68.8 Å². The second-order valence-electron chi connectivity index (χ2n) is 4.78. The fourth-order valence-corrected chi connectivity index (χ4v) is 1.82. The van der Waals surface area contributed by atoms with Crippen LogP contribution in [0.2, 0.25) is 0 Å². The SMILES string of the molecule is Cc1cnn(CCNCc2noc(C3CC3)n2)c1. The van der Waals surface area contributed by atoms with Gasteiger partial charge in [-0.1, -0.05) is 5.16 Å². The third-order valence-corrected chi connectivity index (χ3v) is 2.97. The Kier molecular flexibility index (Phi) is 3.10. The Labute approximate surface area is 105 Å². The van der Waals surface area contributed by atoms with Gasteiger partial charge in [0, 0.05) is 18.7 Å². The molecular formula is C12H17N5O. The zero-order chi connectivity index (χ0) is 12.4. The minimum absolute atomic E-state index is 0.526. The lowest BCUT2D eigenvalue weighted by Gasteiger charge is -2.01. The normalized spacial score (nSPS) is 15.2. The Bertz CT molecular complexity index is 514. The van der Waals surface area contributed by atoms with Crippen molar-refractivity contribution >= 4 is 0 Å². The van der Waals surface area contributed by atoms with E-state index in [9.17, 15) is 0 Å². The molecule has 1 aliphatic rings. The van der Waals surface area contributed by atoms with Crippen LogP contribution in [-0.2, 0) is 13.1 Å². The zero-order valence-electron chi connectivity index (χ0n) is 10.5. The number of aromatic nitrogens is 4. The summed E-state index contributed by atoms with van der Waals surface area (Å²) in [5.74, 6) is 2.07. The largest absolute Gasteiger partial charge is 0.339 e. The maximum atomic E-state index is 5.19. The van der Waals surface area contributed by atoms with Crippen LogP contribution in [0.25, 0.3) is 0 Å². The molecule has 0 spiro atoms. The van der Waals surface area contributed by atoms with Crippen molar-refractivity contribution < 1.29 is 4.52 Å². The number of nitrogens with zero attached hydrogens (tertiary/aromatic N) is 4. The Balaban J connectivity index is 1.41. The molecule has 1 saturated carbocycles. The van der Waals surface area contributed by atoms with Gasteiger partial charge in [-0.2, -0.15) is 10.1 Å². The lowest BCUT2D eigenvalue weighted by atomic mass is 10.4. The van der Waals surface area contributed by atoms with Crippen molar-refractivity contribution in [2.45, 2.75) is 38.8 Å². The van der Waals surface area contributed by atoms with Crippen LogP contribution in [0.3, 0.4) is 0 Å². The molecule has 0 bridgehead atoms. The summed E-state index contributed by atoms with van der Waals surface area (Å²) in [6, 6.07) is 0. The summed E-state index contributed by atoms with van der Waals surface area (Å²) >= 11 is 0. The molecule has 0 aromatic carbocycles. The van der Waals surface area contributed by atoms with Crippen molar-refractivity contribution in [2.24, 2.45) is 0 Å². The number of nitrogens with one attached hydrogen (secondary N) is 1. The maximum Gasteiger partial charge on any atom is 0.229 e. The van der Waals surface area contributed by atoms with Crippen LogP contribution in [0.5, 0.6) is 0 Å². The van der Waals surface area contributed by atoms with Crippen molar-refractivity contribution in [1.29, 1.82) is 0 Å². The van der Waals surface area contributed by atoms with E-state index in [1.165, 1.54) is 18.4 Å². The Hall–Kier alpha value is -1.69. The summed E-state index contributed by atoms with van der Waals surface area (Å²) in [6.45, 7) is 4.38. The molecule has 2 aromatic rings. The van der Waals surface area contributed by atoms with Crippen molar-refractivity contribution in [3.05, 3.63) is 29.7 Å². The van der Waals surface area contributed by atoms with Crippen LogP contribution < -0.4 is 5.32 Å².